The molecule has 0 radical (unpaired) electrons. The SMILES string of the molecule is CCC[C@H](C(=O)OCC)N1CCC[C@@H](C(=O)N2CCOCC2)C1. The average molecular weight is 326 g/mol. The summed E-state index contributed by atoms with van der Waals surface area (Å²) in [6.45, 7) is 8.48. The molecule has 0 bridgehead atoms. The maximum Gasteiger partial charge on any atom is 0.323 e. The predicted octanol–water partition coefficient (Wildman–Crippen LogP) is 1.29. The van der Waals surface area contributed by atoms with Crippen molar-refractivity contribution < 1.29 is 19.1 Å². The lowest BCUT2D eigenvalue weighted by molar-refractivity contribution is -0.153. The lowest BCUT2D eigenvalue weighted by atomic mass is 9.94. The molecule has 2 saturated heterocycles. The fraction of sp³-hybridized carbons (Fsp3) is 0.882. The zero-order chi connectivity index (χ0) is 16.7. The predicted molar refractivity (Wildman–Crippen MR) is 87.0 cm³/mol. The van der Waals surface area contributed by atoms with Crippen LogP contribution >= 0.6 is 0 Å². The molecular formula is C17H30N2O4. The van der Waals surface area contributed by atoms with Crippen molar-refractivity contribution in [2.45, 2.75) is 45.6 Å². The summed E-state index contributed by atoms with van der Waals surface area (Å²) >= 11 is 0. The largest absolute Gasteiger partial charge is 0.465 e. The molecule has 0 aromatic heterocycles. The van der Waals surface area contributed by atoms with E-state index in [0.29, 0.717) is 39.5 Å². The molecule has 2 aliphatic heterocycles. The van der Waals surface area contributed by atoms with Gasteiger partial charge < -0.3 is 14.4 Å². The topological polar surface area (TPSA) is 59.1 Å². The number of hydrogen-bond donors (Lipinski definition) is 0. The van der Waals surface area contributed by atoms with Gasteiger partial charge in [0.15, 0.2) is 0 Å². The highest BCUT2D eigenvalue weighted by Gasteiger charge is 2.35. The van der Waals surface area contributed by atoms with Crippen LogP contribution < -0.4 is 0 Å². The maximum atomic E-state index is 12.7. The van der Waals surface area contributed by atoms with Crippen LogP contribution in [0.15, 0.2) is 0 Å². The first-order valence-electron chi connectivity index (χ1n) is 8.94. The van der Waals surface area contributed by atoms with E-state index in [-0.39, 0.29) is 23.8 Å². The first-order chi connectivity index (χ1) is 11.2. The second kappa shape index (κ2) is 9.23. The van der Waals surface area contributed by atoms with Gasteiger partial charge in [-0.05, 0) is 32.7 Å². The third-order valence-electron chi connectivity index (χ3n) is 4.69. The molecule has 2 atom stereocenters. The summed E-state index contributed by atoms with van der Waals surface area (Å²) in [6.07, 6.45) is 3.59. The van der Waals surface area contributed by atoms with E-state index in [0.717, 1.165) is 32.2 Å². The number of esters is 1. The Balaban J connectivity index is 1.97. The fourth-order valence-electron chi connectivity index (χ4n) is 3.49. The van der Waals surface area contributed by atoms with Crippen molar-refractivity contribution >= 4 is 11.9 Å². The third-order valence-corrected chi connectivity index (χ3v) is 4.69. The van der Waals surface area contributed by atoms with Crippen LogP contribution in [0.3, 0.4) is 0 Å². The highest BCUT2D eigenvalue weighted by atomic mass is 16.5. The van der Waals surface area contributed by atoms with Crippen LogP contribution in [0.1, 0.15) is 39.5 Å². The molecule has 6 heteroatoms. The summed E-state index contributed by atoms with van der Waals surface area (Å²) in [4.78, 5) is 29.0. The summed E-state index contributed by atoms with van der Waals surface area (Å²) in [6, 6.07) is -0.208. The van der Waals surface area contributed by atoms with Gasteiger partial charge in [-0.15, -0.1) is 0 Å². The van der Waals surface area contributed by atoms with Crippen molar-refractivity contribution in [2.24, 2.45) is 5.92 Å². The van der Waals surface area contributed by atoms with Crippen molar-refractivity contribution in [3.05, 3.63) is 0 Å². The number of morpholine rings is 1. The quantitative estimate of drug-likeness (QED) is 0.689. The molecule has 0 unspecified atom stereocenters. The first-order valence-corrected chi connectivity index (χ1v) is 8.94. The molecule has 2 aliphatic rings. The number of carbonyl (C=O) groups excluding carboxylic acids is 2. The Hall–Kier alpha value is -1.14. The standard InChI is InChI=1S/C17H30N2O4/c1-3-6-15(17(21)23-4-2)19-8-5-7-14(13-19)16(20)18-9-11-22-12-10-18/h14-15H,3-13H2,1-2H3/t14-,15-/m1/s1. The summed E-state index contributed by atoms with van der Waals surface area (Å²) in [5, 5.41) is 0. The number of ether oxygens (including phenoxy) is 2. The van der Waals surface area contributed by atoms with Gasteiger partial charge in [0, 0.05) is 19.6 Å². The van der Waals surface area contributed by atoms with Gasteiger partial charge in [0.25, 0.3) is 0 Å². The van der Waals surface area contributed by atoms with Crippen molar-refractivity contribution in [3.8, 4) is 0 Å². The number of amides is 1. The van der Waals surface area contributed by atoms with Gasteiger partial charge in [0.1, 0.15) is 6.04 Å². The number of hydrogen-bond acceptors (Lipinski definition) is 5. The number of carbonyl (C=O) groups is 2. The van der Waals surface area contributed by atoms with E-state index in [1.54, 1.807) is 0 Å². The summed E-state index contributed by atoms with van der Waals surface area (Å²) in [5.41, 5.74) is 0. The minimum Gasteiger partial charge on any atom is -0.465 e. The second-order valence-corrected chi connectivity index (χ2v) is 6.33. The van der Waals surface area contributed by atoms with Gasteiger partial charge in [-0.2, -0.15) is 0 Å². The molecule has 23 heavy (non-hydrogen) atoms. The zero-order valence-corrected chi connectivity index (χ0v) is 14.5. The van der Waals surface area contributed by atoms with E-state index in [9.17, 15) is 9.59 Å². The Morgan fingerprint density at radius 1 is 1.22 bits per heavy atom. The van der Waals surface area contributed by atoms with E-state index >= 15 is 0 Å². The van der Waals surface area contributed by atoms with E-state index < -0.39 is 0 Å². The lowest BCUT2D eigenvalue weighted by Crippen LogP contribution is -2.52. The molecule has 132 valence electrons. The Morgan fingerprint density at radius 3 is 2.61 bits per heavy atom. The Kier molecular flexibility index (Phi) is 7.30. The van der Waals surface area contributed by atoms with E-state index in [2.05, 4.69) is 11.8 Å². The van der Waals surface area contributed by atoms with Crippen LogP contribution in [0.2, 0.25) is 0 Å². The molecular weight excluding hydrogens is 296 g/mol. The maximum absolute atomic E-state index is 12.7. The Labute approximate surface area is 139 Å². The van der Waals surface area contributed by atoms with Gasteiger partial charge in [0.05, 0.1) is 25.7 Å². The van der Waals surface area contributed by atoms with Crippen molar-refractivity contribution in [2.75, 3.05) is 46.0 Å². The Bertz CT molecular complexity index is 396. The smallest absolute Gasteiger partial charge is 0.323 e. The van der Waals surface area contributed by atoms with Crippen LogP contribution in [0.25, 0.3) is 0 Å². The van der Waals surface area contributed by atoms with Gasteiger partial charge in [-0.25, -0.2) is 0 Å². The van der Waals surface area contributed by atoms with Crippen molar-refractivity contribution in [1.82, 2.24) is 9.80 Å². The fourth-order valence-corrected chi connectivity index (χ4v) is 3.49. The van der Waals surface area contributed by atoms with Gasteiger partial charge in [-0.3, -0.25) is 14.5 Å². The molecule has 2 fully saturated rings. The number of rotatable bonds is 6. The van der Waals surface area contributed by atoms with E-state index in [1.807, 2.05) is 11.8 Å². The molecule has 2 heterocycles. The number of likely N-dealkylation sites (tertiary alicyclic amines) is 1. The average Bonchev–Trinajstić information content (AvgIpc) is 2.60. The Morgan fingerprint density at radius 2 is 1.96 bits per heavy atom. The molecule has 0 saturated carbocycles. The number of nitrogens with zero attached hydrogens (tertiary/aromatic N) is 2. The lowest BCUT2D eigenvalue weighted by Gasteiger charge is -2.38. The van der Waals surface area contributed by atoms with E-state index in [4.69, 9.17) is 9.47 Å². The monoisotopic (exact) mass is 326 g/mol. The molecule has 2 rings (SSSR count). The summed E-state index contributed by atoms with van der Waals surface area (Å²) in [5.74, 6) is 0.0709. The van der Waals surface area contributed by atoms with E-state index in [1.165, 1.54) is 0 Å². The first kappa shape index (κ1) is 18.2. The second-order valence-electron chi connectivity index (χ2n) is 6.33. The molecule has 0 spiro atoms. The van der Waals surface area contributed by atoms with Gasteiger partial charge in [-0.1, -0.05) is 13.3 Å². The molecule has 0 aliphatic carbocycles. The highest BCUT2D eigenvalue weighted by molar-refractivity contribution is 5.80. The normalized spacial score (nSPS) is 24.3. The van der Waals surface area contributed by atoms with Crippen LogP contribution in [0.5, 0.6) is 0 Å². The molecule has 0 aromatic carbocycles. The van der Waals surface area contributed by atoms with Gasteiger partial charge in [0.2, 0.25) is 5.91 Å². The minimum atomic E-state index is -0.208. The van der Waals surface area contributed by atoms with Crippen LogP contribution in [-0.2, 0) is 19.1 Å². The third kappa shape index (κ3) is 4.91. The summed E-state index contributed by atoms with van der Waals surface area (Å²) < 4.78 is 10.6. The van der Waals surface area contributed by atoms with Crippen molar-refractivity contribution in [3.63, 3.8) is 0 Å². The van der Waals surface area contributed by atoms with Crippen LogP contribution in [-0.4, -0.2) is 73.7 Å². The molecule has 6 nitrogen and oxygen atoms in total. The minimum absolute atomic E-state index is 0.00404. The summed E-state index contributed by atoms with van der Waals surface area (Å²) in [7, 11) is 0. The van der Waals surface area contributed by atoms with Gasteiger partial charge >= 0.3 is 5.97 Å². The van der Waals surface area contributed by atoms with Crippen LogP contribution in [0, 0.1) is 5.92 Å². The van der Waals surface area contributed by atoms with Crippen molar-refractivity contribution in [1.29, 1.82) is 0 Å². The molecule has 0 N–H and O–H groups in total. The zero-order valence-electron chi connectivity index (χ0n) is 14.5. The molecule has 0 aromatic rings. The van der Waals surface area contributed by atoms with Crippen LogP contribution in [0.4, 0.5) is 0 Å². The number of piperidine rings is 1. The highest BCUT2D eigenvalue weighted by Crippen LogP contribution is 2.23. The molecule has 1 amide bonds.